The van der Waals surface area contributed by atoms with Gasteiger partial charge in [0, 0.05) is 18.8 Å². The molecule has 3 rings (SSSR count). The zero-order valence-electron chi connectivity index (χ0n) is 16.9. The number of nitrogens with one attached hydrogen (secondary N) is 1. The molecule has 0 aliphatic carbocycles. The van der Waals surface area contributed by atoms with Crippen LogP contribution in [0.1, 0.15) is 22.7 Å². The largest absolute Gasteiger partial charge is 0.497 e. The van der Waals surface area contributed by atoms with E-state index in [4.69, 9.17) is 15.2 Å². The van der Waals surface area contributed by atoms with Crippen LogP contribution in [0.2, 0.25) is 0 Å². The van der Waals surface area contributed by atoms with Crippen LogP contribution in [0, 0.1) is 13.8 Å². The number of nitrogens with zero attached hydrogens (tertiary/aromatic N) is 2. The lowest BCUT2D eigenvalue weighted by molar-refractivity contribution is 0.0180. The predicted octanol–water partition coefficient (Wildman–Crippen LogP) is 3.11. The highest BCUT2D eigenvalue weighted by Gasteiger charge is 2.22. The number of hydrogen-bond acceptors (Lipinski definition) is 4. The third-order valence-electron chi connectivity index (χ3n) is 4.92. The van der Waals surface area contributed by atoms with Crippen LogP contribution in [0.4, 0.5) is 5.69 Å². The zero-order chi connectivity index (χ0) is 19.9. The Labute approximate surface area is 167 Å². The highest BCUT2D eigenvalue weighted by Crippen LogP contribution is 2.24. The molecule has 28 heavy (non-hydrogen) atoms. The summed E-state index contributed by atoms with van der Waals surface area (Å²) in [4.78, 5) is 7.04. The number of guanidine groups is 1. The Morgan fingerprint density at radius 3 is 2.39 bits per heavy atom. The molecule has 0 bridgehead atoms. The molecule has 6 nitrogen and oxygen atoms in total. The van der Waals surface area contributed by atoms with Gasteiger partial charge in [-0.25, -0.2) is 0 Å². The van der Waals surface area contributed by atoms with Gasteiger partial charge in [0.05, 0.1) is 32.9 Å². The van der Waals surface area contributed by atoms with E-state index in [1.54, 1.807) is 7.11 Å². The summed E-state index contributed by atoms with van der Waals surface area (Å²) >= 11 is 0. The van der Waals surface area contributed by atoms with Crippen molar-refractivity contribution >= 4 is 11.6 Å². The van der Waals surface area contributed by atoms with Crippen LogP contribution in [-0.4, -0.2) is 50.8 Å². The molecule has 1 heterocycles. The minimum absolute atomic E-state index is 0.148. The van der Waals surface area contributed by atoms with Gasteiger partial charge in [-0.05, 0) is 54.8 Å². The highest BCUT2D eigenvalue weighted by molar-refractivity contribution is 5.92. The summed E-state index contributed by atoms with van der Waals surface area (Å²) in [7, 11) is 1.68. The molecular formula is C22H30N4O2. The van der Waals surface area contributed by atoms with Crippen LogP contribution in [-0.2, 0) is 4.74 Å². The van der Waals surface area contributed by atoms with Crippen molar-refractivity contribution in [1.82, 2.24) is 4.90 Å². The number of hydrogen-bond donors (Lipinski definition) is 2. The average molecular weight is 383 g/mol. The topological polar surface area (TPSA) is 72.1 Å². The van der Waals surface area contributed by atoms with Crippen LogP contribution in [0.15, 0.2) is 47.5 Å². The fraction of sp³-hybridized carbons (Fsp3) is 0.409. The Kier molecular flexibility index (Phi) is 6.90. The van der Waals surface area contributed by atoms with Crippen LogP contribution in [0.5, 0.6) is 5.75 Å². The van der Waals surface area contributed by atoms with Gasteiger partial charge in [-0.1, -0.05) is 18.2 Å². The quantitative estimate of drug-likeness (QED) is 0.593. The molecule has 0 radical (unpaired) electrons. The van der Waals surface area contributed by atoms with Crippen molar-refractivity contribution < 1.29 is 9.47 Å². The molecular weight excluding hydrogens is 352 g/mol. The third-order valence-corrected chi connectivity index (χ3v) is 4.92. The predicted molar refractivity (Wildman–Crippen MR) is 114 cm³/mol. The second-order valence-electron chi connectivity index (χ2n) is 7.16. The van der Waals surface area contributed by atoms with E-state index in [9.17, 15) is 0 Å². The summed E-state index contributed by atoms with van der Waals surface area (Å²) in [6, 6.07) is 14.6. The van der Waals surface area contributed by atoms with Gasteiger partial charge in [0.15, 0.2) is 5.96 Å². The molecule has 0 aromatic heterocycles. The Bertz CT molecular complexity index is 778. The number of anilines is 1. The van der Waals surface area contributed by atoms with E-state index in [0.29, 0.717) is 12.5 Å². The Morgan fingerprint density at radius 1 is 1.14 bits per heavy atom. The fourth-order valence-electron chi connectivity index (χ4n) is 3.57. The molecule has 150 valence electrons. The van der Waals surface area contributed by atoms with E-state index in [1.165, 1.54) is 16.7 Å². The number of benzene rings is 2. The van der Waals surface area contributed by atoms with Gasteiger partial charge in [0.2, 0.25) is 0 Å². The van der Waals surface area contributed by atoms with Gasteiger partial charge in [-0.2, -0.15) is 0 Å². The molecule has 1 aliphatic rings. The summed E-state index contributed by atoms with van der Waals surface area (Å²) in [6.07, 6.45) is 0. The molecule has 1 unspecified atom stereocenters. The molecule has 0 saturated carbocycles. The fourth-order valence-corrected chi connectivity index (χ4v) is 3.57. The monoisotopic (exact) mass is 382 g/mol. The lowest BCUT2D eigenvalue weighted by atomic mass is 10.0. The van der Waals surface area contributed by atoms with Crippen LogP contribution in [0.25, 0.3) is 0 Å². The summed E-state index contributed by atoms with van der Waals surface area (Å²) in [5.74, 6) is 1.28. The molecule has 1 atom stereocenters. The molecule has 0 amide bonds. The lowest BCUT2D eigenvalue weighted by Crippen LogP contribution is -2.40. The number of nitrogens with two attached hydrogens (primary N) is 1. The summed E-state index contributed by atoms with van der Waals surface area (Å²) in [5, 5.41) is 3.22. The molecule has 2 aromatic rings. The lowest BCUT2D eigenvalue weighted by Gasteiger charge is -2.34. The SMILES string of the molecule is COc1ccc(C(CN=C(N)Nc2cc(C)cc(C)c2)N2CCOCC2)cc1. The van der Waals surface area contributed by atoms with Crippen molar-refractivity contribution in [3.05, 3.63) is 59.2 Å². The summed E-state index contributed by atoms with van der Waals surface area (Å²) < 4.78 is 10.8. The number of rotatable bonds is 6. The van der Waals surface area contributed by atoms with E-state index < -0.39 is 0 Å². The van der Waals surface area contributed by atoms with Crippen molar-refractivity contribution in [2.45, 2.75) is 19.9 Å². The summed E-state index contributed by atoms with van der Waals surface area (Å²) in [6.45, 7) is 7.98. The smallest absolute Gasteiger partial charge is 0.193 e. The van der Waals surface area contributed by atoms with Gasteiger partial charge in [-0.3, -0.25) is 9.89 Å². The van der Waals surface area contributed by atoms with Crippen molar-refractivity contribution in [3.63, 3.8) is 0 Å². The Morgan fingerprint density at radius 2 is 1.79 bits per heavy atom. The second kappa shape index (κ2) is 9.57. The molecule has 2 aromatic carbocycles. The minimum atomic E-state index is 0.148. The van der Waals surface area contributed by atoms with E-state index in [0.717, 1.165) is 37.7 Å². The second-order valence-corrected chi connectivity index (χ2v) is 7.16. The number of morpholine rings is 1. The Hall–Kier alpha value is -2.57. The molecule has 3 N–H and O–H groups in total. The molecule has 1 aliphatic heterocycles. The molecule has 1 saturated heterocycles. The van der Waals surface area contributed by atoms with Crippen LogP contribution in [0.3, 0.4) is 0 Å². The average Bonchev–Trinajstić information content (AvgIpc) is 2.68. The van der Waals surface area contributed by atoms with Crippen molar-refractivity contribution in [1.29, 1.82) is 0 Å². The minimum Gasteiger partial charge on any atom is -0.497 e. The molecule has 6 heteroatoms. The number of aryl methyl sites for hydroxylation is 2. The maximum atomic E-state index is 6.18. The standard InChI is InChI=1S/C22H30N4O2/c1-16-12-17(2)14-19(13-16)25-22(23)24-15-21(26-8-10-28-11-9-26)18-4-6-20(27-3)7-5-18/h4-7,12-14,21H,8-11,15H2,1-3H3,(H3,23,24,25). The van der Waals surface area contributed by atoms with Gasteiger partial charge < -0.3 is 20.5 Å². The summed E-state index contributed by atoms with van der Waals surface area (Å²) in [5.41, 5.74) is 10.7. The van der Waals surface area contributed by atoms with Gasteiger partial charge >= 0.3 is 0 Å². The molecule has 1 fully saturated rings. The Balaban J connectivity index is 1.74. The van der Waals surface area contributed by atoms with Crippen molar-refractivity contribution in [2.24, 2.45) is 10.7 Å². The van der Waals surface area contributed by atoms with E-state index >= 15 is 0 Å². The maximum absolute atomic E-state index is 6.18. The van der Waals surface area contributed by atoms with E-state index in [-0.39, 0.29) is 6.04 Å². The molecule has 0 spiro atoms. The van der Waals surface area contributed by atoms with Gasteiger partial charge in [-0.15, -0.1) is 0 Å². The third kappa shape index (κ3) is 5.47. The maximum Gasteiger partial charge on any atom is 0.193 e. The number of ether oxygens (including phenoxy) is 2. The van der Waals surface area contributed by atoms with Gasteiger partial charge in [0.25, 0.3) is 0 Å². The van der Waals surface area contributed by atoms with Crippen molar-refractivity contribution in [2.75, 3.05) is 45.3 Å². The van der Waals surface area contributed by atoms with E-state index in [2.05, 4.69) is 59.4 Å². The zero-order valence-corrected chi connectivity index (χ0v) is 16.9. The highest BCUT2D eigenvalue weighted by atomic mass is 16.5. The normalized spacial score (nSPS) is 16.6. The van der Waals surface area contributed by atoms with Crippen LogP contribution >= 0.6 is 0 Å². The van der Waals surface area contributed by atoms with Gasteiger partial charge in [0.1, 0.15) is 5.75 Å². The first-order valence-corrected chi connectivity index (χ1v) is 9.66. The van der Waals surface area contributed by atoms with E-state index in [1.807, 2.05) is 12.1 Å². The first-order valence-electron chi connectivity index (χ1n) is 9.66. The number of aliphatic imine (C=N–C) groups is 1. The first-order chi connectivity index (χ1) is 13.5. The first kappa shape index (κ1) is 20.2. The van der Waals surface area contributed by atoms with Crippen molar-refractivity contribution in [3.8, 4) is 5.75 Å². The van der Waals surface area contributed by atoms with Crippen LogP contribution < -0.4 is 15.8 Å². The number of methoxy groups -OCH3 is 1.